The molecule has 4 N–H and O–H groups in total. The van der Waals surface area contributed by atoms with Crippen LogP contribution in [0.25, 0.3) is 0 Å². The van der Waals surface area contributed by atoms with Gasteiger partial charge in [-0.1, -0.05) is 6.07 Å². The quantitative estimate of drug-likeness (QED) is 0.422. The van der Waals surface area contributed by atoms with E-state index in [-0.39, 0.29) is 5.69 Å². The topological polar surface area (TPSA) is 96.5 Å². The second kappa shape index (κ2) is 7.24. The molecule has 1 aliphatic rings. The van der Waals surface area contributed by atoms with Gasteiger partial charge in [0.15, 0.2) is 0 Å². The lowest BCUT2D eigenvalue weighted by Crippen LogP contribution is -2.30. The Morgan fingerprint density at radius 3 is 2.67 bits per heavy atom. The fraction of sp³-hybridized carbons (Fsp3) is 0.571. The number of para-hydroxylation sites is 1. The van der Waals surface area contributed by atoms with Crippen LogP contribution in [0.5, 0.6) is 0 Å². The van der Waals surface area contributed by atoms with Gasteiger partial charge in [-0.25, -0.2) is 0 Å². The summed E-state index contributed by atoms with van der Waals surface area (Å²) in [6.07, 6.45) is 3.43. The minimum absolute atomic E-state index is 0.00313. The lowest BCUT2D eigenvalue weighted by Gasteiger charge is -2.28. The molecule has 0 unspecified atom stereocenters. The number of nitro benzene ring substituents is 1. The summed E-state index contributed by atoms with van der Waals surface area (Å²) in [7, 11) is 2.14. The maximum absolute atomic E-state index is 11.2. The van der Waals surface area contributed by atoms with E-state index in [1.165, 1.54) is 12.8 Å². The lowest BCUT2D eigenvalue weighted by atomic mass is 9.94. The van der Waals surface area contributed by atoms with E-state index in [1.807, 2.05) is 0 Å². The highest BCUT2D eigenvalue weighted by Crippen LogP contribution is 2.32. The molecule has 21 heavy (non-hydrogen) atoms. The second-order valence-electron chi connectivity index (χ2n) is 5.57. The van der Waals surface area contributed by atoms with E-state index in [0.29, 0.717) is 17.3 Å². The molecule has 116 valence electrons. The van der Waals surface area contributed by atoms with Gasteiger partial charge in [0.25, 0.3) is 0 Å². The molecule has 0 amide bonds. The molecule has 0 atom stereocenters. The first kappa shape index (κ1) is 15.5. The van der Waals surface area contributed by atoms with Crippen LogP contribution < -0.4 is 16.6 Å². The Labute approximate surface area is 124 Å². The van der Waals surface area contributed by atoms with Crippen LogP contribution in [0.2, 0.25) is 0 Å². The maximum Gasteiger partial charge on any atom is 0.316 e. The molecule has 1 fully saturated rings. The van der Waals surface area contributed by atoms with Crippen LogP contribution in [0.4, 0.5) is 17.1 Å². The zero-order valence-electron chi connectivity index (χ0n) is 12.3. The number of rotatable bonds is 6. The molecule has 0 saturated carbocycles. The highest BCUT2D eigenvalue weighted by molar-refractivity contribution is 5.75. The van der Waals surface area contributed by atoms with Gasteiger partial charge in [-0.15, -0.1) is 0 Å². The van der Waals surface area contributed by atoms with Gasteiger partial charge in [-0.2, -0.15) is 0 Å². The lowest BCUT2D eigenvalue weighted by molar-refractivity contribution is -0.383. The van der Waals surface area contributed by atoms with Gasteiger partial charge in [0.05, 0.1) is 4.92 Å². The second-order valence-corrected chi connectivity index (χ2v) is 5.57. The number of nitro groups is 1. The number of benzene rings is 1. The minimum atomic E-state index is -0.410. The summed E-state index contributed by atoms with van der Waals surface area (Å²) in [6, 6.07) is 5.06. The van der Waals surface area contributed by atoms with Crippen LogP contribution in [-0.4, -0.2) is 36.5 Å². The Morgan fingerprint density at radius 1 is 1.38 bits per heavy atom. The third kappa shape index (κ3) is 4.05. The number of piperidine rings is 1. The smallest absolute Gasteiger partial charge is 0.316 e. The van der Waals surface area contributed by atoms with Gasteiger partial charge < -0.3 is 15.6 Å². The number of hydrazine groups is 1. The summed E-state index contributed by atoms with van der Waals surface area (Å²) in [6.45, 7) is 3.01. The van der Waals surface area contributed by atoms with Crippen LogP contribution in [0.1, 0.15) is 19.3 Å². The predicted molar refractivity (Wildman–Crippen MR) is 84.2 cm³/mol. The normalized spacial score (nSPS) is 16.7. The Kier molecular flexibility index (Phi) is 5.35. The number of hydrogen-bond donors (Lipinski definition) is 3. The monoisotopic (exact) mass is 293 g/mol. The number of anilines is 2. The van der Waals surface area contributed by atoms with Crippen LogP contribution in [-0.2, 0) is 0 Å². The summed E-state index contributed by atoms with van der Waals surface area (Å²) in [5, 5.41) is 14.3. The van der Waals surface area contributed by atoms with Gasteiger partial charge >= 0.3 is 5.69 Å². The van der Waals surface area contributed by atoms with E-state index in [2.05, 4.69) is 22.7 Å². The van der Waals surface area contributed by atoms with E-state index < -0.39 is 4.92 Å². The van der Waals surface area contributed by atoms with Crippen molar-refractivity contribution in [1.82, 2.24) is 4.90 Å². The fourth-order valence-corrected chi connectivity index (χ4v) is 2.76. The molecular formula is C14H23N5O2. The summed E-state index contributed by atoms with van der Waals surface area (Å²) in [4.78, 5) is 13.1. The summed E-state index contributed by atoms with van der Waals surface area (Å²) >= 11 is 0. The number of nitrogens with zero attached hydrogens (tertiary/aromatic N) is 2. The minimum Gasteiger partial charge on any atom is -0.379 e. The summed E-state index contributed by atoms with van der Waals surface area (Å²) in [5.41, 5.74) is 3.22. The number of hydrogen-bond acceptors (Lipinski definition) is 6. The molecule has 1 saturated heterocycles. The average molecular weight is 293 g/mol. The van der Waals surface area contributed by atoms with Gasteiger partial charge in [0.1, 0.15) is 11.4 Å². The molecule has 0 aliphatic carbocycles. The van der Waals surface area contributed by atoms with Crippen molar-refractivity contribution in [2.45, 2.75) is 19.3 Å². The SMILES string of the molecule is CN1CCC(CCNc2cccc(NN)c2[N+](=O)[O-])CC1. The highest BCUT2D eigenvalue weighted by Gasteiger charge is 2.20. The van der Waals surface area contributed by atoms with Crippen LogP contribution in [0.3, 0.4) is 0 Å². The number of nitrogen functional groups attached to an aromatic ring is 1. The molecule has 1 aromatic rings. The third-order valence-corrected chi connectivity index (χ3v) is 4.08. The van der Waals surface area contributed by atoms with Gasteiger partial charge in [-0.3, -0.25) is 16.0 Å². The molecular weight excluding hydrogens is 270 g/mol. The Balaban J connectivity index is 1.92. The summed E-state index contributed by atoms with van der Waals surface area (Å²) in [5.74, 6) is 6.03. The molecule has 1 aliphatic heterocycles. The van der Waals surface area contributed by atoms with E-state index in [0.717, 1.165) is 26.1 Å². The van der Waals surface area contributed by atoms with Crippen LogP contribution in [0.15, 0.2) is 18.2 Å². The van der Waals surface area contributed by atoms with Crippen LogP contribution in [0, 0.1) is 16.0 Å². The average Bonchev–Trinajstić information content (AvgIpc) is 2.48. The Morgan fingerprint density at radius 2 is 2.05 bits per heavy atom. The molecule has 0 aromatic heterocycles. The first-order valence-corrected chi connectivity index (χ1v) is 7.28. The molecule has 0 bridgehead atoms. The first-order valence-electron chi connectivity index (χ1n) is 7.28. The maximum atomic E-state index is 11.2. The van der Waals surface area contributed by atoms with Gasteiger partial charge in [0, 0.05) is 6.54 Å². The van der Waals surface area contributed by atoms with Crippen molar-refractivity contribution < 1.29 is 4.92 Å². The van der Waals surface area contributed by atoms with E-state index >= 15 is 0 Å². The zero-order chi connectivity index (χ0) is 15.2. The van der Waals surface area contributed by atoms with Gasteiger partial charge in [-0.05, 0) is 57.5 Å². The molecule has 1 aromatic carbocycles. The standard InChI is InChI=1S/C14H23N5O2/c1-18-9-6-11(7-10-18)5-8-16-12-3-2-4-13(17-15)14(12)19(20)21/h2-4,11,16-17H,5-10,15H2,1H3. The fourth-order valence-electron chi connectivity index (χ4n) is 2.76. The van der Waals surface area contributed by atoms with Crippen molar-refractivity contribution in [1.29, 1.82) is 0 Å². The van der Waals surface area contributed by atoms with Crippen molar-refractivity contribution in [3.63, 3.8) is 0 Å². The van der Waals surface area contributed by atoms with Crippen molar-refractivity contribution >= 4 is 17.1 Å². The largest absolute Gasteiger partial charge is 0.379 e. The Hall–Kier alpha value is -1.86. The van der Waals surface area contributed by atoms with E-state index in [9.17, 15) is 10.1 Å². The van der Waals surface area contributed by atoms with Crippen LogP contribution >= 0.6 is 0 Å². The highest BCUT2D eigenvalue weighted by atomic mass is 16.6. The Bertz CT molecular complexity index is 486. The predicted octanol–water partition coefficient (Wildman–Crippen LogP) is 2.02. The molecule has 0 radical (unpaired) electrons. The van der Waals surface area contributed by atoms with E-state index in [1.54, 1.807) is 18.2 Å². The number of likely N-dealkylation sites (tertiary alicyclic amines) is 1. The molecule has 0 spiro atoms. The zero-order valence-corrected chi connectivity index (χ0v) is 12.3. The molecule has 2 rings (SSSR count). The number of nitrogens with one attached hydrogen (secondary N) is 2. The number of nitrogens with two attached hydrogens (primary N) is 1. The molecule has 1 heterocycles. The van der Waals surface area contributed by atoms with Crippen molar-refractivity contribution in [2.24, 2.45) is 11.8 Å². The first-order chi connectivity index (χ1) is 10.1. The van der Waals surface area contributed by atoms with E-state index in [4.69, 9.17) is 5.84 Å². The van der Waals surface area contributed by atoms with Gasteiger partial charge in [0.2, 0.25) is 0 Å². The van der Waals surface area contributed by atoms with Crippen molar-refractivity contribution in [3.05, 3.63) is 28.3 Å². The van der Waals surface area contributed by atoms with Crippen molar-refractivity contribution in [3.8, 4) is 0 Å². The van der Waals surface area contributed by atoms with Crippen molar-refractivity contribution in [2.75, 3.05) is 37.4 Å². The molecule has 7 heteroatoms. The third-order valence-electron chi connectivity index (χ3n) is 4.08. The molecule has 7 nitrogen and oxygen atoms in total. The summed E-state index contributed by atoms with van der Waals surface area (Å²) < 4.78 is 0.